The van der Waals surface area contributed by atoms with Crippen LogP contribution in [0.1, 0.15) is 29.2 Å². The van der Waals surface area contributed by atoms with E-state index in [1.165, 1.54) is 5.56 Å². The summed E-state index contributed by atoms with van der Waals surface area (Å²) in [4.78, 5) is 0.818. The van der Waals surface area contributed by atoms with Gasteiger partial charge in [-0.1, -0.05) is 23.5 Å². The number of nitrogens with zero attached hydrogens (tertiary/aromatic N) is 4. The molecule has 2 heterocycles. The highest BCUT2D eigenvalue weighted by Gasteiger charge is 2.49. The molecule has 108 valence electrons. The quantitative estimate of drug-likeness (QED) is 0.746. The minimum Gasteiger partial charge on any atom is -0.399 e. The summed E-state index contributed by atoms with van der Waals surface area (Å²) in [6.07, 6.45) is 2.22. The highest BCUT2D eigenvalue weighted by Crippen LogP contribution is 2.54. The fourth-order valence-corrected chi connectivity index (χ4v) is 3.75. The molecule has 7 heteroatoms. The molecule has 0 bridgehead atoms. The lowest BCUT2D eigenvalue weighted by Crippen LogP contribution is -2.09. The highest BCUT2D eigenvalue weighted by molar-refractivity contribution is 7.16. The molecule has 0 amide bonds. The van der Waals surface area contributed by atoms with Crippen LogP contribution in [0.5, 0.6) is 0 Å². The molecule has 0 aliphatic heterocycles. The van der Waals surface area contributed by atoms with Crippen molar-refractivity contribution in [3.8, 4) is 0 Å². The lowest BCUT2D eigenvalue weighted by atomic mass is 9.97. The number of anilines is 1. The Hall–Kier alpha value is -1.99. The van der Waals surface area contributed by atoms with Gasteiger partial charge in [-0.05, 0) is 30.5 Å². The van der Waals surface area contributed by atoms with Gasteiger partial charge in [-0.15, -0.1) is 10.2 Å². The van der Waals surface area contributed by atoms with Crippen LogP contribution in [-0.2, 0) is 16.8 Å². The summed E-state index contributed by atoms with van der Waals surface area (Å²) in [5.41, 5.74) is 7.87. The van der Waals surface area contributed by atoms with Crippen molar-refractivity contribution in [1.29, 1.82) is 0 Å². The van der Waals surface area contributed by atoms with E-state index in [9.17, 15) is 0 Å². The molecule has 3 aromatic rings. The number of methoxy groups -OCH3 is 1. The second kappa shape index (κ2) is 4.51. The summed E-state index contributed by atoms with van der Waals surface area (Å²) < 4.78 is 6.92. The zero-order valence-electron chi connectivity index (χ0n) is 11.6. The van der Waals surface area contributed by atoms with Crippen molar-refractivity contribution in [3.05, 3.63) is 40.7 Å². The van der Waals surface area contributed by atoms with Crippen LogP contribution < -0.4 is 5.73 Å². The average Bonchev–Trinajstić information content (AvgIpc) is 3.04. The van der Waals surface area contributed by atoms with Crippen LogP contribution in [-0.4, -0.2) is 26.9 Å². The Morgan fingerprint density at radius 3 is 2.71 bits per heavy atom. The second-order valence-corrected chi connectivity index (χ2v) is 6.31. The molecule has 0 spiro atoms. The fourth-order valence-electron chi connectivity index (χ4n) is 2.62. The Bertz CT molecular complexity index is 787. The van der Waals surface area contributed by atoms with Gasteiger partial charge in [0.05, 0.1) is 0 Å². The Morgan fingerprint density at radius 1 is 1.29 bits per heavy atom. The van der Waals surface area contributed by atoms with Crippen LogP contribution in [0, 0.1) is 0 Å². The van der Waals surface area contributed by atoms with Gasteiger partial charge in [-0.2, -0.15) is 9.61 Å². The molecule has 1 aromatic carbocycles. The number of aromatic nitrogens is 4. The third kappa shape index (κ3) is 1.92. The summed E-state index contributed by atoms with van der Waals surface area (Å²) in [6, 6.07) is 8.10. The SMILES string of the molecule is COCc1nnc2sc(C3(c4ccc(N)cc4)CC3)nn12. The third-order valence-corrected chi connectivity index (χ3v) is 5.05. The van der Waals surface area contributed by atoms with E-state index in [1.807, 2.05) is 12.1 Å². The number of hydrogen-bond acceptors (Lipinski definition) is 6. The molecule has 0 atom stereocenters. The number of hydrogen-bond donors (Lipinski definition) is 1. The van der Waals surface area contributed by atoms with Crippen LogP contribution in [0.2, 0.25) is 0 Å². The van der Waals surface area contributed by atoms with E-state index in [-0.39, 0.29) is 5.41 Å². The van der Waals surface area contributed by atoms with Crippen molar-refractivity contribution in [3.63, 3.8) is 0 Å². The number of rotatable bonds is 4. The minimum absolute atomic E-state index is 0.0312. The van der Waals surface area contributed by atoms with E-state index in [0.717, 1.165) is 34.3 Å². The molecule has 6 nitrogen and oxygen atoms in total. The van der Waals surface area contributed by atoms with Crippen LogP contribution in [0.25, 0.3) is 4.96 Å². The summed E-state index contributed by atoms with van der Waals surface area (Å²) in [5, 5.41) is 14.1. The molecular weight excluding hydrogens is 286 g/mol. The first-order chi connectivity index (χ1) is 10.2. The molecule has 0 saturated heterocycles. The van der Waals surface area contributed by atoms with Gasteiger partial charge in [0.1, 0.15) is 11.6 Å². The predicted octanol–water partition coefficient (Wildman–Crippen LogP) is 1.99. The first-order valence-corrected chi connectivity index (χ1v) is 7.61. The van der Waals surface area contributed by atoms with E-state index in [4.69, 9.17) is 15.6 Å². The van der Waals surface area contributed by atoms with E-state index in [1.54, 1.807) is 23.0 Å². The van der Waals surface area contributed by atoms with Gasteiger partial charge >= 0.3 is 0 Å². The van der Waals surface area contributed by atoms with Crippen molar-refractivity contribution in [2.75, 3.05) is 12.8 Å². The van der Waals surface area contributed by atoms with Gasteiger partial charge in [-0.25, -0.2) is 0 Å². The number of nitrogen functional groups attached to an aromatic ring is 1. The molecule has 21 heavy (non-hydrogen) atoms. The molecule has 2 aromatic heterocycles. The molecular formula is C14H15N5OS. The minimum atomic E-state index is 0.0312. The molecule has 2 N–H and O–H groups in total. The first-order valence-electron chi connectivity index (χ1n) is 6.79. The van der Waals surface area contributed by atoms with E-state index in [2.05, 4.69) is 22.3 Å². The van der Waals surface area contributed by atoms with Gasteiger partial charge in [0.25, 0.3) is 0 Å². The second-order valence-electron chi connectivity index (χ2n) is 5.35. The largest absolute Gasteiger partial charge is 0.399 e. The number of benzene rings is 1. The Labute approximate surface area is 125 Å². The fraction of sp³-hybridized carbons (Fsp3) is 0.357. The first kappa shape index (κ1) is 12.7. The summed E-state index contributed by atoms with van der Waals surface area (Å²) in [5.74, 6) is 0.739. The van der Waals surface area contributed by atoms with E-state index in [0.29, 0.717) is 6.61 Å². The molecule has 0 unspecified atom stereocenters. The molecule has 4 rings (SSSR count). The van der Waals surface area contributed by atoms with E-state index >= 15 is 0 Å². The zero-order chi connectivity index (χ0) is 14.4. The molecule has 0 radical (unpaired) electrons. The lowest BCUT2D eigenvalue weighted by molar-refractivity contribution is 0.176. The average molecular weight is 301 g/mol. The lowest BCUT2D eigenvalue weighted by Gasteiger charge is -2.12. The Balaban J connectivity index is 1.77. The highest BCUT2D eigenvalue weighted by atomic mass is 32.1. The smallest absolute Gasteiger partial charge is 0.234 e. The molecule has 1 saturated carbocycles. The Morgan fingerprint density at radius 2 is 2.05 bits per heavy atom. The van der Waals surface area contributed by atoms with Gasteiger partial charge < -0.3 is 10.5 Å². The standard InChI is InChI=1S/C14H15N5OS/c1-20-8-11-16-17-13-19(11)18-12(21-13)14(6-7-14)9-2-4-10(15)5-3-9/h2-5H,6-8,15H2,1H3. The monoisotopic (exact) mass is 301 g/mol. The van der Waals surface area contributed by atoms with Crippen LogP contribution in [0.4, 0.5) is 5.69 Å². The van der Waals surface area contributed by atoms with Crippen molar-refractivity contribution < 1.29 is 4.74 Å². The summed E-state index contributed by atoms with van der Waals surface area (Å²) in [7, 11) is 1.64. The maximum absolute atomic E-state index is 5.78. The number of ether oxygens (including phenoxy) is 1. The summed E-state index contributed by atoms with van der Waals surface area (Å²) >= 11 is 1.60. The Kier molecular flexibility index (Phi) is 2.73. The topological polar surface area (TPSA) is 78.3 Å². The normalized spacial score (nSPS) is 16.4. The maximum atomic E-state index is 5.78. The van der Waals surface area contributed by atoms with Crippen molar-refractivity contribution in [1.82, 2.24) is 19.8 Å². The molecule has 1 aliphatic carbocycles. The maximum Gasteiger partial charge on any atom is 0.234 e. The predicted molar refractivity (Wildman–Crippen MR) is 80.2 cm³/mol. The van der Waals surface area contributed by atoms with Gasteiger partial charge in [0.2, 0.25) is 4.96 Å². The number of fused-ring (bicyclic) bond motifs is 1. The van der Waals surface area contributed by atoms with Gasteiger partial charge in [0, 0.05) is 18.2 Å². The molecule has 1 fully saturated rings. The van der Waals surface area contributed by atoms with Crippen LogP contribution >= 0.6 is 11.3 Å². The van der Waals surface area contributed by atoms with Crippen LogP contribution in [0.15, 0.2) is 24.3 Å². The van der Waals surface area contributed by atoms with Crippen LogP contribution in [0.3, 0.4) is 0 Å². The third-order valence-electron chi connectivity index (χ3n) is 3.95. The van der Waals surface area contributed by atoms with Crippen molar-refractivity contribution in [2.45, 2.75) is 24.9 Å². The number of nitrogens with two attached hydrogens (primary N) is 1. The molecule has 1 aliphatic rings. The zero-order valence-corrected chi connectivity index (χ0v) is 12.4. The van der Waals surface area contributed by atoms with Crippen molar-refractivity contribution in [2.24, 2.45) is 0 Å². The summed E-state index contributed by atoms with van der Waals surface area (Å²) in [6.45, 7) is 0.416. The van der Waals surface area contributed by atoms with E-state index < -0.39 is 0 Å². The van der Waals surface area contributed by atoms with Crippen molar-refractivity contribution >= 4 is 22.0 Å². The van der Waals surface area contributed by atoms with Gasteiger partial charge in [0.15, 0.2) is 5.82 Å². The van der Waals surface area contributed by atoms with Gasteiger partial charge in [-0.3, -0.25) is 0 Å².